The van der Waals surface area contributed by atoms with Crippen LogP contribution in [0.2, 0.25) is 10.0 Å². The minimum atomic E-state index is -0.179. The van der Waals surface area contributed by atoms with Gasteiger partial charge in [-0.25, -0.2) is 5.43 Å². The van der Waals surface area contributed by atoms with E-state index in [1.54, 1.807) is 24.4 Å². The van der Waals surface area contributed by atoms with E-state index in [-0.39, 0.29) is 11.7 Å². The molecule has 1 amide bonds. The molecule has 142 valence electrons. The van der Waals surface area contributed by atoms with E-state index in [0.717, 1.165) is 28.4 Å². The average Bonchev–Trinajstić information content (AvgIpc) is 2.62. The van der Waals surface area contributed by atoms with Crippen LogP contribution in [0.4, 0.5) is 0 Å². The molecule has 27 heavy (non-hydrogen) atoms. The van der Waals surface area contributed by atoms with E-state index >= 15 is 0 Å². The molecule has 1 aliphatic heterocycles. The van der Waals surface area contributed by atoms with Gasteiger partial charge in [0.15, 0.2) is 0 Å². The molecular weight excluding hydrogens is 423 g/mol. The maximum atomic E-state index is 11.9. The predicted octanol–water partition coefficient (Wildman–Crippen LogP) is 4.87. The highest BCUT2D eigenvalue weighted by molar-refractivity contribution is 8.00. The van der Waals surface area contributed by atoms with Crippen LogP contribution >= 0.6 is 46.7 Å². The number of halogens is 2. The topological polar surface area (TPSA) is 50.7 Å². The minimum Gasteiger partial charge on any atom is -0.489 e. The van der Waals surface area contributed by atoms with Crippen molar-refractivity contribution in [1.82, 2.24) is 5.43 Å². The standard InChI is InChI=1S/C19H18Cl2N2O2S2/c20-17-2-1-3-18(21)16(17)11-27-12-19(24)23-22-8-13-4-6-14(7-5-13)25-15-9-26-10-15/h1-8,15H,9-12H2,(H,23,24)/b22-8-. The molecule has 8 heteroatoms. The van der Waals surface area contributed by atoms with E-state index in [4.69, 9.17) is 27.9 Å². The average molecular weight is 441 g/mol. The number of carbonyl (C=O) groups excluding carboxylic acids is 1. The van der Waals surface area contributed by atoms with Crippen molar-refractivity contribution in [2.45, 2.75) is 11.9 Å². The Morgan fingerprint density at radius 1 is 1.22 bits per heavy atom. The summed E-state index contributed by atoms with van der Waals surface area (Å²) in [7, 11) is 0. The van der Waals surface area contributed by atoms with Gasteiger partial charge in [-0.2, -0.15) is 16.9 Å². The summed E-state index contributed by atoms with van der Waals surface area (Å²) in [6.45, 7) is 0. The maximum Gasteiger partial charge on any atom is 0.250 e. The van der Waals surface area contributed by atoms with Crippen LogP contribution < -0.4 is 10.2 Å². The number of hydrogen-bond donors (Lipinski definition) is 1. The number of benzene rings is 2. The molecule has 0 bridgehead atoms. The molecule has 1 N–H and O–H groups in total. The van der Waals surface area contributed by atoms with Crippen molar-refractivity contribution in [3.8, 4) is 5.75 Å². The van der Waals surface area contributed by atoms with Crippen LogP contribution in [-0.4, -0.2) is 35.5 Å². The second-order valence-electron chi connectivity index (χ2n) is 5.83. The number of nitrogens with one attached hydrogen (secondary N) is 1. The molecule has 1 aliphatic rings. The minimum absolute atomic E-state index is 0.179. The van der Waals surface area contributed by atoms with E-state index in [1.807, 2.05) is 36.0 Å². The van der Waals surface area contributed by atoms with Crippen molar-refractivity contribution in [3.63, 3.8) is 0 Å². The Hall–Kier alpha value is -1.34. The van der Waals surface area contributed by atoms with Crippen LogP contribution in [0.25, 0.3) is 0 Å². The van der Waals surface area contributed by atoms with Crippen molar-refractivity contribution in [3.05, 3.63) is 63.6 Å². The van der Waals surface area contributed by atoms with Gasteiger partial charge in [-0.3, -0.25) is 4.79 Å². The van der Waals surface area contributed by atoms with Gasteiger partial charge in [0.05, 0.1) is 12.0 Å². The Morgan fingerprint density at radius 3 is 2.56 bits per heavy atom. The zero-order valence-corrected chi connectivity index (χ0v) is 17.5. The summed E-state index contributed by atoms with van der Waals surface area (Å²) in [5.41, 5.74) is 4.25. The van der Waals surface area contributed by atoms with Crippen LogP contribution in [0.15, 0.2) is 47.6 Å². The van der Waals surface area contributed by atoms with Gasteiger partial charge in [0, 0.05) is 27.3 Å². The van der Waals surface area contributed by atoms with Crippen molar-refractivity contribution < 1.29 is 9.53 Å². The first-order chi connectivity index (χ1) is 13.1. The van der Waals surface area contributed by atoms with Crippen LogP contribution in [0.1, 0.15) is 11.1 Å². The molecule has 0 radical (unpaired) electrons. The molecular formula is C19H18Cl2N2O2S2. The predicted molar refractivity (Wildman–Crippen MR) is 117 cm³/mol. The molecule has 0 spiro atoms. The van der Waals surface area contributed by atoms with Crippen LogP contribution in [0, 0.1) is 0 Å². The fourth-order valence-corrected chi connectivity index (χ4v) is 4.36. The first-order valence-corrected chi connectivity index (χ1v) is 11.4. The van der Waals surface area contributed by atoms with Gasteiger partial charge in [-0.1, -0.05) is 29.3 Å². The van der Waals surface area contributed by atoms with Gasteiger partial charge < -0.3 is 4.74 Å². The Morgan fingerprint density at radius 2 is 1.93 bits per heavy atom. The lowest BCUT2D eigenvalue weighted by Gasteiger charge is -2.25. The smallest absolute Gasteiger partial charge is 0.250 e. The summed E-state index contributed by atoms with van der Waals surface area (Å²) >= 11 is 15.5. The number of hydrogen-bond acceptors (Lipinski definition) is 5. The van der Waals surface area contributed by atoms with E-state index in [0.29, 0.717) is 21.9 Å². The monoisotopic (exact) mass is 440 g/mol. The Bertz CT molecular complexity index is 792. The lowest BCUT2D eigenvalue weighted by Crippen LogP contribution is -2.30. The molecule has 1 saturated heterocycles. The molecule has 0 aromatic heterocycles. The van der Waals surface area contributed by atoms with Gasteiger partial charge in [0.25, 0.3) is 0 Å². The fraction of sp³-hybridized carbons (Fsp3) is 0.263. The Balaban J connectivity index is 1.39. The van der Waals surface area contributed by atoms with Crippen molar-refractivity contribution in [1.29, 1.82) is 0 Å². The maximum absolute atomic E-state index is 11.9. The highest BCUT2D eigenvalue weighted by Gasteiger charge is 2.19. The molecule has 1 heterocycles. The van der Waals surface area contributed by atoms with Crippen LogP contribution in [0.3, 0.4) is 0 Å². The van der Waals surface area contributed by atoms with Crippen molar-refractivity contribution >= 4 is 58.8 Å². The molecule has 2 aromatic rings. The first-order valence-electron chi connectivity index (χ1n) is 8.29. The largest absolute Gasteiger partial charge is 0.489 e. The third-order valence-corrected chi connectivity index (χ3v) is 6.62. The Labute approximate surface area is 177 Å². The summed E-state index contributed by atoms with van der Waals surface area (Å²) in [6.07, 6.45) is 1.93. The number of hydrazone groups is 1. The highest BCUT2D eigenvalue weighted by Crippen LogP contribution is 2.28. The highest BCUT2D eigenvalue weighted by atomic mass is 35.5. The van der Waals surface area contributed by atoms with E-state index in [1.165, 1.54) is 11.8 Å². The molecule has 0 unspecified atom stereocenters. The third kappa shape index (κ3) is 6.35. The molecule has 0 saturated carbocycles. The number of rotatable bonds is 8. The quantitative estimate of drug-likeness (QED) is 0.469. The third-order valence-electron chi connectivity index (χ3n) is 3.73. The summed E-state index contributed by atoms with van der Waals surface area (Å²) < 4.78 is 5.79. The summed E-state index contributed by atoms with van der Waals surface area (Å²) in [5, 5.41) is 5.20. The van der Waals surface area contributed by atoms with Gasteiger partial charge in [-0.15, -0.1) is 11.8 Å². The van der Waals surface area contributed by atoms with Crippen molar-refractivity contribution in [2.24, 2.45) is 5.10 Å². The number of amides is 1. The molecule has 4 nitrogen and oxygen atoms in total. The van der Waals surface area contributed by atoms with Crippen molar-refractivity contribution in [2.75, 3.05) is 17.3 Å². The van der Waals surface area contributed by atoms with Crippen LogP contribution in [-0.2, 0) is 10.5 Å². The van der Waals surface area contributed by atoms with E-state index in [2.05, 4.69) is 10.5 Å². The number of nitrogens with zero attached hydrogens (tertiary/aromatic N) is 1. The lowest BCUT2D eigenvalue weighted by atomic mass is 10.2. The van der Waals surface area contributed by atoms with Gasteiger partial charge in [0.1, 0.15) is 11.9 Å². The van der Waals surface area contributed by atoms with Gasteiger partial charge >= 0.3 is 0 Å². The molecule has 2 aromatic carbocycles. The first kappa shape index (κ1) is 20.4. The fourth-order valence-electron chi connectivity index (χ4n) is 2.23. The summed E-state index contributed by atoms with van der Waals surface area (Å²) in [4.78, 5) is 11.9. The second kappa shape index (κ2) is 10.3. The molecule has 0 atom stereocenters. The van der Waals surface area contributed by atoms with E-state index in [9.17, 15) is 4.79 Å². The van der Waals surface area contributed by atoms with Crippen LogP contribution in [0.5, 0.6) is 5.75 Å². The normalized spacial score (nSPS) is 14.1. The number of ether oxygens (including phenoxy) is 1. The molecule has 3 rings (SSSR count). The summed E-state index contributed by atoms with van der Waals surface area (Å²) in [5.74, 6) is 3.62. The summed E-state index contributed by atoms with van der Waals surface area (Å²) in [6, 6.07) is 13.0. The molecule has 0 aliphatic carbocycles. The zero-order valence-electron chi connectivity index (χ0n) is 14.4. The number of carbonyl (C=O) groups is 1. The zero-order chi connectivity index (χ0) is 19.1. The van der Waals surface area contributed by atoms with Gasteiger partial charge in [0.2, 0.25) is 5.91 Å². The van der Waals surface area contributed by atoms with E-state index < -0.39 is 0 Å². The SMILES string of the molecule is O=C(CSCc1c(Cl)cccc1Cl)N/N=C\c1ccc(OC2CSC2)cc1. The number of thioether (sulfide) groups is 2. The lowest BCUT2D eigenvalue weighted by molar-refractivity contribution is -0.118. The Kier molecular flexibility index (Phi) is 7.76. The van der Waals surface area contributed by atoms with Gasteiger partial charge in [-0.05, 0) is 47.5 Å². The molecule has 1 fully saturated rings. The second-order valence-corrected chi connectivity index (χ2v) is 8.71.